The maximum absolute atomic E-state index is 12.7. The maximum atomic E-state index is 12.7. The van der Waals surface area contributed by atoms with Crippen LogP contribution in [0.25, 0.3) is 0 Å². The van der Waals surface area contributed by atoms with E-state index in [9.17, 15) is 14.1 Å². The average molecular weight is 318 g/mol. The van der Waals surface area contributed by atoms with E-state index in [2.05, 4.69) is 32.2 Å². The normalized spacial score (nSPS) is 12.8. The summed E-state index contributed by atoms with van der Waals surface area (Å²) in [5.41, 5.74) is 2.63. The summed E-state index contributed by atoms with van der Waals surface area (Å²) in [6, 6.07) is 3.52. The van der Waals surface area contributed by atoms with Crippen molar-refractivity contribution < 1.29 is 18.6 Å². The van der Waals surface area contributed by atoms with E-state index >= 15 is 0 Å². The van der Waals surface area contributed by atoms with Crippen LogP contribution < -0.4 is 0 Å². The highest BCUT2D eigenvalue weighted by Crippen LogP contribution is 2.47. The predicted octanol–water partition coefficient (Wildman–Crippen LogP) is 4.80. The molecule has 112 valence electrons. The van der Waals surface area contributed by atoms with Crippen LogP contribution >= 0.6 is 17.1 Å². The summed E-state index contributed by atoms with van der Waals surface area (Å²) in [7, 11) is -0.480. The van der Waals surface area contributed by atoms with E-state index in [1.807, 2.05) is 15.0 Å². The van der Waals surface area contributed by atoms with Gasteiger partial charge >= 0.3 is 5.97 Å². The quantitative estimate of drug-likeness (QED) is 0.794. The van der Waals surface area contributed by atoms with Crippen molar-refractivity contribution in [2.24, 2.45) is 0 Å². The van der Waals surface area contributed by atoms with Gasteiger partial charge in [-0.15, -0.1) is 0 Å². The van der Waals surface area contributed by atoms with E-state index in [0.717, 1.165) is 11.1 Å². The standard InChI is InChI=1S/C14H21FO3P2/c1-8(2)11-5-10(6-14(17)18-20(15)19)13(16)7-12(11)9(3)4/h5,7-9,16H,6,19H2,1-4H3. The maximum Gasteiger partial charge on any atom is 0.315 e. The minimum absolute atomic E-state index is 0.0574. The fraction of sp³-hybridized carbons (Fsp3) is 0.500. The van der Waals surface area contributed by atoms with Crippen LogP contribution in [0.1, 0.15) is 56.2 Å². The zero-order valence-corrected chi connectivity index (χ0v) is 14.2. The van der Waals surface area contributed by atoms with Crippen LogP contribution in [-0.2, 0) is 15.7 Å². The second kappa shape index (κ2) is 7.33. The van der Waals surface area contributed by atoms with Gasteiger partial charge in [0.05, 0.1) is 6.42 Å². The van der Waals surface area contributed by atoms with Gasteiger partial charge in [-0.2, -0.15) is 4.20 Å². The van der Waals surface area contributed by atoms with Gasteiger partial charge in [-0.1, -0.05) is 33.8 Å². The first-order valence-corrected chi connectivity index (χ1v) is 9.26. The summed E-state index contributed by atoms with van der Waals surface area (Å²) in [6.45, 7) is 8.23. The number of hydrogen-bond donors (Lipinski definition) is 1. The molecular weight excluding hydrogens is 297 g/mol. The van der Waals surface area contributed by atoms with Crippen molar-refractivity contribution in [3.05, 3.63) is 28.8 Å². The Morgan fingerprint density at radius 2 is 1.80 bits per heavy atom. The number of halogens is 1. The van der Waals surface area contributed by atoms with Gasteiger partial charge in [0.1, 0.15) is 5.75 Å². The smallest absolute Gasteiger partial charge is 0.315 e. The minimum Gasteiger partial charge on any atom is -0.508 e. The van der Waals surface area contributed by atoms with E-state index in [1.165, 1.54) is 0 Å². The van der Waals surface area contributed by atoms with Crippen LogP contribution in [-0.4, -0.2) is 11.1 Å². The fourth-order valence-electron chi connectivity index (χ4n) is 2.09. The summed E-state index contributed by atoms with van der Waals surface area (Å²) < 4.78 is 17.2. The second-order valence-corrected chi connectivity index (χ2v) is 7.28. The molecule has 0 heterocycles. The molecule has 0 amide bonds. The molecule has 3 nitrogen and oxygen atoms in total. The molecule has 2 atom stereocenters. The summed E-state index contributed by atoms with van der Waals surface area (Å²) in [5, 5.41) is 10.0. The van der Waals surface area contributed by atoms with Gasteiger partial charge in [0.2, 0.25) is 0 Å². The Labute approximate surface area is 123 Å². The third-order valence-corrected chi connectivity index (χ3v) is 3.75. The molecule has 6 heteroatoms. The Bertz CT molecular complexity index is 488. The third kappa shape index (κ3) is 4.68. The molecule has 0 aliphatic heterocycles. The van der Waals surface area contributed by atoms with Gasteiger partial charge in [-0.3, -0.25) is 4.79 Å². The summed E-state index contributed by atoms with van der Waals surface area (Å²) in [6.07, 6.45) is -0.124. The molecule has 0 saturated heterocycles. The Morgan fingerprint density at radius 3 is 2.25 bits per heavy atom. The second-order valence-electron chi connectivity index (χ2n) is 5.33. The van der Waals surface area contributed by atoms with E-state index in [0.29, 0.717) is 5.56 Å². The Hall–Kier alpha value is -0.720. The van der Waals surface area contributed by atoms with E-state index in [-0.39, 0.29) is 24.0 Å². The van der Waals surface area contributed by atoms with Crippen molar-refractivity contribution in [2.75, 3.05) is 0 Å². The number of carbonyl (C=O) groups excluding carboxylic acids is 1. The van der Waals surface area contributed by atoms with Gasteiger partial charge < -0.3 is 9.63 Å². The molecule has 0 aromatic heterocycles. The number of phenols is 1. The molecule has 1 rings (SSSR count). The molecule has 1 aromatic rings. The number of benzene rings is 1. The highest BCUT2D eigenvalue weighted by Gasteiger charge is 2.17. The molecule has 0 spiro atoms. The molecular formula is C14H21FO3P2. The zero-order valence-electron chi connectivity index (χ0n) is 12.2. The van der Waals surface area contributed by atoms with E-state index in [1.54, 1.807) is 6.07 Å². The lowest BCUT2D eigenvalue weighted by atomic mass is 9.88. The average Bonchev–Trinajstić information content (AvgIpc) is 2.29. The molecule has 0 radical (unpaired) electrons. The van der Waals surface area contributed by atoms with E-state index in [4.69, 9.17) is 0 Å². The lowest BCUT2D eigenvalue weighted by Gasteiger charge is -2.18. The first kappa shape index (κ1) is 17.3. The van der Waals surface area contributed by atoms with Crippen LogP contribution in [0.4, 0.5) is 4.20 Å². The molecule has 0 aliphatic carbocycles. The van der Waals surface area contributed by atoms with Crippen molar-refractivity contribution in [3.8, 4) is 5.75 Å². The number of hydrogen-bond acceptors (Lipinski definition) is 3. The Morgan fingerprint density at radius 1 is 1.30 bits per heavy atom. The largest absolute Gasteiger partial charge is 0.508 e. The Balaban J connectivity index is 3.09. The number of phenolic OH excluding ortho intramolecular Hbond substituents is 1. The van der Waals surface area contributed by atoms with Crippen LogP contribution in [0.3, 0.4) is 0 Å². The summed E-state index contributed by atoms with van der Waals surface area (Å²) in [4.78, 5) is 11.5. The topological polar surface area (TPSA) is 46.5 Å². The van der Waals surface area contributed by atoms with E-state index < -0.39 is 14.1 Å². The molecule has 0 aliphatic rings. The lowest BCUT2D eigenvalue weighted by molar-refractivity contribution is -0.133. The summed E-state index contributed by atoms with van der Waals surface area (Å²) >= 11 is 0. The number of aromatic hydroxyl groups is 1. The van der Waals surface area contributed by atoms with Gasteiger partial charge in [0.25, 0.3) is 8.15 Å². The molecule has 2 unspecified atom stereocenters. The first-order valence-electron chi connectivity index (χ1n) is 6.49. The van der Waals surface area contributed by atoms with Crippen LogP contribution in [0.5, 0.6) is 5.75 Å². The SMILES string of the molecule is CC(C)c1cc(O)c(CC(=O)OP(F)P)cc1C(C)C. The number of rotatable bonds is 5. The predicted molar refractivity (Wildman–Crippen MR) is 83.8 cm³/mol. The summed E-state index contributed by atoms with van der Waals surface area (Å²) in [5.74, 6) is -0.0503. The Kier molecular flexibility index (Phi) is 6.36. The highest BCUT2D eigenvalue weighted by atomic mass is 32.0. The fourth-order valence-corrected chi connectivity index (χ4v) is 2.71. The van der Waals surface area contributed by atoms with Crippen LogP contribution in [0.15, 0.2) is 12.1 Å². The van der Waals surface area contributed by atoms with Crippen molar-refractivity contribution in [2.45, 2.75) is 46.0 Å². The van der Waals surface area contributed by atoms with Gasteiger partial charge in [0.15, 0.2) is 0 Å². The van der Waals surface area contributed by atoms with Gasteiger partial charge in [0, 0.05) is 5.56 Å². The molecule has 0 fully saturated rings. The third-order valence-electron chi connectivity index (χ3n) is 3.05. The van der Waals surface area contributed by atoms with Gasteiger partial charge in [-0.25, -0.2) is 0 Å². The van der Waals surface area contributed by atoms with Gasteiger partial charge in [-0.05, 0) is 38.0 Å². The molecule has 20 heavy (non-hydrogen) atoms. The molecule has 0 bridgehead atoms. The monoisotopic (exact) mass is 318 g/mol. The van der Waals surface area contributed by atoms with Crippen molar-refractivity contribution in [1.29, 1.82) is 0 Å². The number of carbonyl (C=O) groups is 1. The molecule has 1 N–H and O–H groups in total. The molecule has 1 aromatic carbocycles. The van der Waals surface area contributed by atoms with Crippen molar-refractivity contribution in [3.63, 3.8) is 0 Å². The first-order chi connectivity index (χ1) is 9.22. The molecule has 0 saturated carbocycles. The van der Waals surface area contributed by atoms with Crippen LogP contribution in [0, 0.1) is 0 Å². The van der Waals surface area contributed by atoms with Crippen LogP contribution in [0.2, 0.25) is 0 Å². The van der Waals surface area contributed by atoms with Crippen molar-refractivity contribution in [1.82, 2.24) is 0 Å². The van der Waals surface area contributed by atoms with Crippen molar-refractivity contribution >= 4 is 23.0 Å². The zero-order chi connectivity index (χ0) is 15.4. The lowest BCUT2D eigenvalue weighted by Crippen LogP contribution is -2.06. The highest BCUT2D eigenvalue weighted by molar-refractivity contribution is 8.08. The minimum atomic E-state index is -2.30.